The number of carboxylic acids is 1. The zero-order valence-corrected chi connectivity index (χ0v) is 10.1. The molecule has 0 aromatic carbocycles. The van der Waals surface area contributed by atoms with Crippen LogP contribution in [-0.4, -0.2) is 40.6 Å². The topological polar surface area (TPSA) is 69.6 Å². The standard InChI is InChI=1S/C11H20N2O3/c1-5-7-12-10(16)13(11(2,3)4)8-6-9(14)15/h5H,1,6-8H2,2-4H3,(H,12,16)(H,14,15). The Morgan fingerprint density at radius 2 is 2.00 bits per heavy atom. The van der Waals surface area contributed by atoms with Crippen molar-refractivity contribution in [3.05, 3.63) is 12.7 Å². The number of aliphatic carboxylic acids is 1. The quantitative estimate of drug-likeness (QED) is 0.700. The monoisotopic (exact) mass is 228 g/mol. The Hall–Kier alpha value is -1.52. The number of carbonyl (C=O) groups is 2. The van der Waals surface area contributed by atoms with E-state index in [9.17, 15) is 9.59 Å². The summed E-state index contributed by atoms with van der Waals surface area (Å²) in [6.07, 6.45) is 1.52. The van der Waals surface area contributed by atoms with E-state index in [-0.39, 0.29) is 19.0 Å². The molecule has 0 unspecified atom stereocenters. The van der Waals surface area contributed by atoms with Gasteiger partial charge in [0, 0.05) is 18.6 Å². The number of nitrogens with one attached hydrogen (secondary N) is 1. The molecule has 0 spiro atoms. The van der Waals surface area contributed by atoms with Crippen LogP contribution in [0.5, 0.6) is 0 Å². The largest absolute Gasteiger partial charge is 0.481 e. The van der Waals surface area contributed by atoms with E-state index in [1.165, 1.54) is 4.90 Å². The van der Waals surface area contributed by atoms with Crippen molar-refractivity contribution in [2.45, 2.75) is 32.7 Å². The molecule has 0 fully saturated rings. The molecule has 0 aliphatic heterocycles. The average molecular weight is 228 g/mol. The minimum Gasteiger partial charge on any atom is -0.481 e. The minimum absolute atomic E-state index is 0.0568. The normalized spacial score (nSPS) is 10.7. The molecule has 5 nitrogen and oxygen atoms in total. The second-order valence-corrected chi connectivity index (χ2v) is 4.44. The Kier molecular flexibility index (Phi) is 5.56. The molecule has 0 saturated heterocycles. The van der Waals surface area contributed by atoms with Crippen LogP contribution in [0.3, 0.4) is 0 Å². The first-order valence-corrected chi connectivity index (χ1v) is 5.17. The first-order valence-electron chi connectivity index (χ1n) is 5.17. The molecule has 0 saturated carbocycles. The molecule has 0 aromatic heterocycles. The Labute approximate surface area is 96.1 Å². The van der Waals surface area contributed by atoms with Crippen LogP contribution < -0.4 is 5.32 Å². The highest BCUT2D eigenvalue weighted by Gasteiger charge is 2.26. The van der Waals surface area contributed by atoms with E-state index < -0.39 is 11.5 Å². The van der Waals surface area contributed by atoms with Gasteiger partial charge in [0.05, 0.1) is 6.42 Å². The molecule has 2 amide bonds. The first kappa shape index (κ1) is 14.5. The first-order chi connectivity index (χ1) is 7.29. The molecule has 0 bridgehead atoms. The number of carboxylic acid groups (broad SMARTS) is 1. The van der Waals surface area contributed by atoms with Gasteiger partial charge in [0.15, 0.2) is 0 Å². The fraction of sp³-hybridized carbons (Fsp3) is 0.636. The van der Waals surface area contributed by atoms with Gasteiger partial charge in [-0.25, -0.2) is 4.79 Å². The zero-order valence-electron chi connectivity index (χ0n) is 10.1. The van der Waals surface area contributed by atoms with Crippen molar-refractivity contribution in [2.24, 2.45) is 0 Å². The van der Waals surface area contributed by atoms with Crippen LogP contribution in [0.2, 0.25) is 0 Å². The molecule has 0 aliphatic rings. The SMILES string of the molecule is C=CCNC(=O)N(CCC(=O)O)C(C)(C)C. The van der Waals surface area contributed by atoms with E-state index in [2.05, 4.69) is 11.9 Å². The van der Waals surface area contributed by atoms with Crippen molar-refractivity contribution in [1.29, 1.82) is 0 Å². The van der Waals surface area contributed by atoms with Crippen LogP contribution in [0.1, 0.15) is 27.2 Å². The molecule has 0 atom stereocenters. The lowest BCUT2D eigenvalue weighted by Gasteiger charge is -2.35. The van der Waals surface area contributed by atoms with Gasteiger partial charge in [-0.2, -0.15) is 0 Å². The van der Waals surface area contributed by atoms with Gasteiger partial charge in [-0.15, -0.1) is 6.58 Å². The maximum Gasteiger partial charge on any atom is 0.318 e. The molecule has 5 heteroatoms. The van der Waals surface area contributed by atoms with Gasteiger partial charge in [0.1, 0.15) is 0 Å². The van der Waals surface area contributed by atoms with E-state index in [1.807, 2.05) is 20.8 Å². The van der Waals surface area contributed by atoms with Crippen molar-refractivity contribution in [2.75, 3.05) is 13.1 Å². The van der Waals surface area contributed by atoms with Crippen LogP contribution in [0, 0.1) is 0 Å². The van der Waals surface area contributed by atoms with Gasteiger partial charge in [0.25, 0.3) is 0 Å². The number of hydrogen-bond donors (Lipinski definition) is 2. The number of urea groups is 1. The Morgan fingerprint density at radius 3 is 2.38 bits per heavy atom. The van der Waals surface area contributed by atoms with Crippen molar-refractivity contribution in [3.63, 3.8) is 0 Å². The zero-order chi connectivity index (χ0) is 12.8. The van der Waals surface area contributed by atoms with Gasteiger partial charge in [-0.3, -0.25) is 4.79 Å². The molecule has 92 valence electrons. The predicted molar refractivity (Wildman–Crippen MR) is 62.3 cm³/mol. The lowest BCUT2D eigenvalue weighted by molar-refractivity contribution is -0.137. The van der Waals surface area contributed by atoms with Crippen LogP contribution in [0.15, 0.2) is 12.7 Å². The van der Waals surface area contributed by atoms with Gasteiger partial charge in [-0.05, 0) is 20.8 Å². The van der Waals surface area contributed by atoms with E-state index in [0.717, 1.165) is 0 Å². The third-order valence-electron chi connectivity index (χ3n) is 2.00. The maximum atomic E-state index is 11.7. The summed E-state index contributed by atoms with van der Waals surface area (Å²) in [5, 5.41) is 11.3. The smallest absolute Gasteiger partial charge is 0.318 e. The number of carbonyl (C=O) groups excluding carboxylic acids is 1. The molecular weight excluding hydrogens is 208 g/mol. The molecule has 16 heavy (non-hydrogen) atoms. The van der Waals surface area contributed by atoms with Gasteiger partial charge in [0.2, 0.25) is 0 Å². The van der Waals surface area contributed by atoms with E-state index in [4.69, 9.17) is 5.11 Å². The van der Waals surface area contributed by atoms with Crippen LogP contribution >= 0.6 is 0 Å². The summed E-state index contributed by atoms with van der Waals surface area (Å²) >= 11 is 0. The summed E-state index contributed by atoms with van der Waals surface area (Å²) < 4.78 is 0. The number of amides is 2. The predicted octanol–water partition coefficient (Wildman–Crippen LogP) is 1.46. The summed E-state index contributed by atoms with van der Waals surface area (Å²) in [6.45, 7) is 9.66. The lowest BCUT2D eigenvalue weighted by atomic mass is 10.1. The van der Waals surface area contributed by atoms with E-state index >= 15 is 0 Å². The molecule has 0 heterocycles. The fourth-order valence-corrected chi connectivity index (χ4v) is 1.20. The van der Waals surface area contributed by atoms with Gasteiger partial charge in [-0.1, -0.05) is 6.08 Å². The summed E-state index contributed by atoms with van der Waals surface area (Å²) in [5.41, 5.74) is -0.402. The van der Waals surface area contributed by atoms with Crippen molar-refractivity contribution >= 4 is 12.0 Å². The molecule has 0 radical (unpaired) electrons. The van der Waals surface area contributed by atoms with Crippen molar-refractivity contribution in [3.8, 4) is 0 Å². The second-order valence-electron chi connectivity index (χ2n) is 4.44. The Balaban J connectivity index is 4.48. The third kappa shape index (κ3) is 5.38. The van der Waals surface area contributed by atoms with E-state index in [1.54, 1.807) is 6.08 Å². The van der Waals surface area contributed by atoms with Crippen molar-refractivity contribution < 1.29 is 14.7 Å². The molecule has 0 rings (SSSR count). The lowest BCUT2D eigenvalue weighted by Crippen LogP contribution is -2.51. The second kappa shape index (κ2) is 6.15. The van der Waals surface area contributed by atoms with Crippen LogP contribution in [0.4, 0.5) is 4.79 Å². The Bertz CT molecular complexity index is 269. The molecular formula is C11H20N2O3. The van der Waals surface area contributed by atoms with Crippen LogP contribution in [0.25, 0.3) is 0 Å². The number of nitrogens with zero attached hydrogens (tertiary/aromatic N) is 1. The minimum atomic E-state index is -0.911. The summed E-state index contributed by atoms with van der Waals surface area (Å²) in [5.74, 6) is -0.911. The molecule has 0 aliphatic carbocycles. The van der Waals surface area contributed by atoms with Gasteiger partial charge >= 0.3 is 12.0 Å². The number of rotatable bonds is 5. The van der Waals surface area contributed by atoms with Crippen molar-refractivity contribution in [1.82, 2.24) is 10.2 Å². The van der Waals surface area contributed by atoms with E-state index in [0.29, 0.717) is 6.54 Å². The fourth-order valence-electron chi connectivity index (χ4n) is 1.20. The summed E-state index contributed by atoms with van der Waals surface area (Å²) in [4.78, 5) is 23.7. The third-order valence-corrected chi connectivity index (χ3v) is 2.00. The van der Waals surface area contributed by atoms with Gasteiger partial charge < -0.3 is 15.3 Å². The summed E-state index contributed by atoms with van der Waals surface area (Å²) in [6, 6.07) is -0.270. The molecule has 2 N–H and O–H groups in total. The molecule has 0 aromatic rings. The average Bonchev–Trinajstić information content (AvgIpc) is 2.12. The van der Waals surface area contributed by atoms with Crippen LogP contribution in [-0.2, 0) is 4.79 Å². The highest BCUT2D eigenvalue weighted by Crippen LogP contribution is 2.13. The number of hydrogen-bond acceptors (Lipinski definition) is 2. The highest BCUT2D eigenvalue weighted by atomic mass is 16.4. The highest BCUT2D eigenvalue weighted by molar-refractivity contribution is 5.76. The Morgan fingerprint density at radius 1 is 1.44 bits per heavy atom. The summed E-state index contributed by atoms with van der Waals surface area (Å²) in [7, 11) is 0. The maximum absolute atomic E-state index is 11.7.